The number of imide groups is 1. The summed E-state index contributed by atoms with van der Waals surface area (Å²) in [6, 6.07) is 15.5. The van der Waals surface area contributed by atoms with Gasteiger partial charge in [0.15, 0.2) is 17.2 Å². The molecule has 314 valence electrons. The largest absolute Gasteiger partial charge is 0.385 e. The first-order valence-corrected chi connectivity index (χ1v) is 20.6. The average molecular weight is 831 g/mol. The number of nitrogens with one attached hydrogen (secondary N) is 3. The van der Waals surface area contributed by atoms with Crippen LogP contribution < -0.4 is 31.4 Å². The van der Waals surface area contributed by atoms with E-state index in [0.717, 1.165) is 53.0 Å². The van der Waals surface area contributed by atoms with Crippen LogP contribution in [0.1, 0.15) is 53.3 Å². The molecule has 2 atom stereocenters. The van der Waals surface area contributed by atoms with Crippen molar-refractivity contribution in [3.05, 3.63) is 94.3 Å². The highest BCUT2D eigenvalue weighted by Crippen LogP contribution is 2.40. The van der Waals surface area contributed by atoms with Crippen LogP contribution in [0.5, 0.6) is 0 Å². The van der Waals surface area contributed by atoms with Crippen molar-refractivity contribution in [2.45, 2.75) is 63.2 Å². The zero-order valence-corrected chi connectivity index (χ0v) is 33.6. The fraction of sp³-hybridized carbons (Fsp3) is 0.372. The van der Waals surface area contributed by atoms with E-state index in [1.54, 1.807) is 36.1 Å². The molecule has 3 N–H and O–H groups in total. The SMILES string of the molecule is CNc1cc(N2CCc3c(-c4cc(CN5CCN(c6ccc7c(c6)n(C)c(=O)n7C6CCC(=O)NC6=O)C[C@@H]5C(F)F)ccn4)cccc32)nn2c(C(=O)NC3CC3)cnc12. The molecule has 3 aliphatic heterocycles. The number of halogens is 2. The van der Waals surface area contributed by atoms with Gasteiger partial charge in [0, 0.05) is 88.5 Å². The maximum absolute atomic E-state index is 14.9. The molecular weight excluding hydrogens is 787 g/mol. The number of carbonyl (C=O) groups is 3. The van der Waals surface area contributed by atoms with Gasteiger partial charge in [0.25, 0.3) is 12.3 Å². The van der Waals surface area contributed by atoms with Gasteiger partial charge in [-0.2, -0.15) is 0 Å². The Hall–Kier alpha value is -6.69. The second kappa shape index (κ2) is 15.1. The summed E-state index contributed by atoms with van der Waals surface area (Å²) < 4.78 is 34.2. The highest BCUT2D eigenvalue weighted by atomic mass is 19.3. The van der Waals surface area contributed by atoms with Crippen molar-refractivity contribution in [3.63, 3.8) is 0 Å². The van der Waals surface area contributed by atoms with Gasteiger partial charge >= 0.3 is 5.69 Å². The number of anilines is 4. The lowest BCUT2D eigenvalue weighted by molar-refractivity contribution is -0.135. The lowest BCUT2D eigenvalue weighted by Crippen LogP contribution is -2.55. The highest BCUT2D eigenvalue weighted by molar-refractivity contribution is 6.00. The smallest absolute Gasteiger partial charge is 0.329 e. The Bertz CT molecular complexity index is 2810. The minimum atomic E-state index is -2.61. The number of hydrogen-bond acceptors (Lipinski definition) is 11. The summed E-state index contributed by atoms with van der Waals surface area (Å²) in [6.07, 6.45) is 3.69. The van der Waals surface area contributed by atoms with Crippen LogP contribution in [0.3, 0.4) is 0 Å². The molecule has 3 fully saturated rings. The lowest BCUT2D eigenvalue weighted by Gasteiger charge is -2.42. The zero-order valence-electron chi connectivity index (χ0n) is 33.6. The van der Waals surface area contributed by atoms with E-state index >= 15 is 0 Å². The predicted molar refractivity (Wildman–Crippen MR) is 224 cm³/mol. The van der Waals surface area contributed by atoms with Crippen LogP contribution in [-0.2, 0) is 29.6 Å². The van der Waals surface area contributed by atoms with Crippen molar-refractivity contribution in [3.8, 4) is 11.3 Å². The number of alkyl halides is 2. The number of imidazole rings is 2. The third-order valence-corrected chi connectivity index (χ3v) is 12.4. The number of piperidine rings is 1. The number of carbonyl (C=O) groups excluding carboxylic acids is 3. The quantitative estimate of drug-likeness (QED) is 0.171. The number of rotatable bonds is 10. The first kappa shape index (κ1) is 38.5. The van der Waals surface area contributed by atoms with Crippen molar-refractivity contribution < 1.29 is 23.2 Å². The second-order valence-corrected chi connectivity index (χ2v) is 16.2. The molecule has 3 amide bonds. The Morgan fingerprint density at radius 1 is 0.967 bits per heavy atom. The molecule has 0 bridgehead atoms. The summed E-state index contributed by atoms with van der Waals surface area (Å²) >= 11 is 0. The van der Waals surface area contributed by atoms with Gasteiger partial charge in [-0.1, -0.05) is 12.1 Å². The minimum absolute atomic E-state index is 0.0752. The Morgan fingerprint density at radius 3 is 2.61 bits per heavy atom. The van der Waals surface area contributed by atoms with Gasteiger partial charge in [0.05, 0.1) is 34.7 Å². The van der Waals surface area contributed by atoms with Crippen LogP contribution >= 0.6 is 0 Å². The minimum Gasteiger partial charge on any atom is -0.385 e. The summed E-state index contributed by atoms with van der Waals surface area (Å²) in [4.78, 5) is 65.9. The number of nitrogens with zero attached hydrogens (tertiary/aromatic N) is 9. The zero-order chi connectivity index (χ0) is 42.1. The predicted octanol–water partition coefficient (Wildman–Crippen LogP) is 4.01. The fourth-order valence-electron chi connectivity index (χ4n) is 9.08. The fourth-order valence-corrected chi connectivity index (χ4v) is 9.08. The van der Waals surface area contributed by atoms with Gasteiger partial charge in [-0.25, -0.2) is 23.1 Å². The second-order valence-electron chi connectivity index (χ2n) is 16.2. The van der Waals surface area contributed by atoms with Crippen LogP contribution in [0.2, 0.25) is 0 Å². The van der Waals surface area contributed by atoms with E-state index in [-0.39, 0.29) is 42.9 Å². The van der Waals surface area contributed by atoms with Gasteiger partial charge in [0.2, 0.25) is 11.8 Å². The maximum Gasteiger partial charge on any atom is 0.329 e. The van der Waals surface area contributed by atoms with E-state index in [1.165, 1.54) is 9.13 Å². The van der Waals surface area contributed by atoms with Crippen LogP contribution in [0.15, 0.2) is 71.8 Å². The van der Waals surface area contributed by atoms with E-state index in [1.807, 2.05) is 59.3 Å². The molecule has 2 aromatic carbocycles. The topological polar surface area (TPSA) is 167 Å². The summed E-state index contributed by atoms with van der Waals surface area (Å²) in [7, 11) is 3.43. The van der Waals surface area contributed by atoms with Crippen LogP contribution in [0.4, 0.5) is 31.7 Å². The van der Waals surface area contributed by atoms with Crippen molar-refractivity contribution in [1.29, 1.82) is 0 Å². The number of fused-ring (bicyclic) bond motifs is 3. The molecule has 1 saturated carbocycles. The van der Waals surface area contributed by atoms with Crippen molar-refractivity contribution in [1.82, 2.24) is 44.2 Å². The van der Waals surface area contributed by atoms with Crippen molar-refractivity contribution >= 4 is 57.3 Å². The molecule has 10 rings (SSSR count). The monoisotopic (exact) mass is 830 g/mol. The lowest BCUT2D eigenvalue weighted by atomic mass is 10.00. The average Bonchev–Trinajstić information content (AvgIpc) is 3.69. The van der Waals surface area contributed by atoms with E-state index in [0.29, 0.717) is 60.1 Å². The Morgan fingerprint density at radius 2 is 1.82 bits per heavy atom. The normalized spacial score (nSPS) is 19.6. The molecule has 0 radical (unpaired) electrons. The number of piperazine rings is 1. The molecule has 6 aromatic rings. The molecule has 7 heterocycles. The number of pyridine rings is 1. The molecule has 1 aliphatic carbocycles. The molecule has 2 saturated heterocycles. The van der Waals surface area contributed by atoms with Gasteiger partial charge in [-0.15, -0.1) is 5.10 Å². The number of amides is 3. The van der Waals surface area contributed by atoms with Crippen molar-refractivity contribution in [2.24, 2.45) is 7.05 Å². The van der Waals surface area contributed by atoms with Gasteiger partial charge in [-0.3, -0.25) is 38.7 Å². The molecule has 0 spiro atoms. The molecular formula is C43H44F2N12O4. The Balaban J connectivity index is 0.876. The number of benzene rings is 2. The van der Waals surface area contributed by atoms with Crippen LogP contribution in [0.25, 0.3) is 27.9 Å². The van der Waals surface area contributed by atoms with Gasteiger partial charge in [0.1, 0.15) is 6.04 Å². The molecule has 4 aromatic heterocycles. The summed E-state index contributed by atoms with van der Waals surface area (Å²) in [6.45, 7) is 1.90. The first-order chi connectivity index (χ1) is 29.6. The molecule has 1 unspecified atom stereocenters. The summed E-state index contributed by atoms with van der Waals surface area (Å²) in [5, 5.41) is 13.5. The van der Waals surface area contributed by atoms with Crippen LogP contribution in [-0.4, -0.2) is 103 Å². The van der Waals surface area contributed by atoms with Crippen molar-refractivity contribution in [2.75, 3.05) is 48.3 Å². The number of aryl methyl sites for hydroxylation is 1. The highest BCUT2D eigenvalue weighted by Gasteiger charge is 2.36. The van der Waals surface area contributed by atoms with Gasteiger partial charge in [-0.05, 0) is 73.2 Å². The standard InChI is InChI=1S/C43H44F2N12O4/c1-46-30-20-37(51-57-35(21-48-40(30)57)42(60)49-25-6-7-25)55-15-13-28-27(4-3-5-31(28)55)29-18-24(12-14-47-29)22-54-17-16-53(23-36(54)39(44)45)26-8-9-32-34(19-26)52(2)43(61)56(32)33-10-11-38(58)50-41(33)59/h3-5,8-9,12,14,18-21,25,33,36,39,46H,6-7,10-11,13,15-17,22-23H2,1-2H3,(H,49,60)(H,50,58,59)/t33?,36-/m1/s1. The molecule has 4 aliphatic rings. The maximum atomic E-state index is 14.9. The molecule has 61 heavy (non-hydrogen) atoms. The van der Waals surface area contributed by atoms with E-state index in [9.17, 15) is 28.0 Å². The third kappa shape index (κ3) is 6.83. The van der Waals surface area contributed by atoms with Gasteiger partial charge < -0.3 is 20.4 Å². The summed E-state index contributed by atoms with van der Waals surface area (Å²) in [5.74, 6) is -0.417. The summed E-state index contributed by atoms with van der Waals surface area (Å²) in [5.41, 5.74) is 7.75. The van der Waals surface area contributed by atoms with Crippen LogP contribution in [0, 0.1) is 0 Å². The Kier molecular flexibility index (Phi) is 9.53. The van der Waals surface area contributed by atoms with E-state index in [4.69, 9.17) is 10.1 Å². The number of aromatic nitrogens is 6. The first-order valence-electron chi connectivity index (χ1n) is 20.6. The Labute approximate surface area is 348 Å². The molecule has 16 nitrogen and oxygen atoms in total. The molecule has 18 heteroatoms. The van der Waals surface area contributed by atoms with E-state index in [2.05, 4.69) is 25.8 Å². The number of hydrogen-bond donors (Lipinski definition) is 3. The third-order valence-electron chi connectivity index (χ3n) is 12.4. The van der Waals surface area contributed by atoms with E-state index < -0.39 is 24.4 Å².